The molecular formula is C12H7BrFN3S. The first-order valence-electron chi connectivity index (χ1n) is 4.90. The average Bonchev–Trinajstić information content (AvgIpc) is 2.38. The van der Waals surface area contributed by atoms with Crippen LogP contribution >= 0.6 is 27.7 Å². The maximum atomic E-state index is 14.0. The largest absolute Gasteiger partial charge is 0.397 e. The van der Waals surface area contributed by atoms with Crippen LogP contribution in [0.1, 0.15) is 5.56 Å². The number of hydrogen-bond acceptors (Lipinski definition) is 4. The molecule has 0 fully saturated rings. The minimum atomic E-state index is -0.482. The number of nitriles is 1. The van der Waals surface area contributed by atoms with Crippen molar-refractivity contribution < 1.29 is 4.39 Å². The molecule has 0 atom stereocenters. The highest BCUT2D eigenvalue weighted by Crippen LogP contribution is 2.35. The highest BCUT2D eigenvalue weighted by molar-refractivity contribution is 9.10. The summed E-state index contributed by atoms with van der Waals surface area (Å²) in [6, 6.07) is 8.40. The van der Waals surface area contributed by atoms with E-state index in [1.54, 1.807) is 24.4 Å². The van der Waals surface area contributed by atoms with Gasteiger partial charge in [-0.3, -0.25) is 0 Å². The van der Waals surface area contributed by atoms with E-state index in [2.05, 4.69) is 20.9 Å². The lowest BCUT2D eigenvalue weighted by Crippen LogP contribution is -1.92. The summed E-state index contributed by atoms with van der Waals surface area (Å²) in [5, 5.41) is 9.32. The van der Waals surface area contributed by atoms with Crippen molar-refractivity contribution in [2.24, 2.45) is 0 Å². The van der Waals surface area contributed by atoms with Gasteiger partial charge in [-0.2, -0.15) is 5.26 Å². The summed E-state index contributed by atoms with van der Waals surface area (Å²) < 4.78 is 14.1. The Morgan fingerprint density at radius 1 is 1.39 bits per heavy atom. The van der Waals surface area contributed by atoms with Crippen molar-refractivity contribution in [1.82, 2.24) is 4.98 Å². The van der Waals surface area contributed by atoms with E-state index in [-0.39, 0.29) is 10.0 Å². The fourth-order valence-electron chi connectivity index (χ4n) is 1.29. The van der Waals surface area contributed by atoms with E-state index >= 15 is 0 Å². The number of benzene rings is 1. The molecule has 0 aliphatic carbocycles. The lowest BCUT2D eigenvalue weighted by Gasteiger charge is -2.06. The van der Waals surface area contributed by atoms with E-state index in [4.69, 9.17) is 11.0 Å². The number of hydrogen-bond donors (Lipinski definition) is 1. The molecule has 1 aromatic carbocycles. The molecule has 2 aromatic rings. The van der Waals surface area contributed by atoms with Gasteiger partial charge in [0.1, 0.15) is 11.1 Å². The van der Waals surface area contributed by atoms with Gasteiger partial charge in [0.05, 0.1) is 20.6 Å². The molecule has 0 spiro atoms. The van der Waals surface area contributed by atoms with Gasteiger partial charge in [0, 0.05) is 6.20 Å². The minimum Gasteiger partial charge on any atom is -0.397 e. The van der Waals surface area contributed by atoms with Crippen molar-refractivity contribution in [3.8, 4) is 6.07 Å². The van der Waals surface area contributed by atoms with Crippen molar-refractivity contribution in [3.05, 3.63) is 46.3 Å². The summed E-state index contributed by atoms with van der Waals surface area (Å²) in [4.78, 5) is 4.44. The molecule has 18 heavy (non-hydrogen) atoms. The molecule has 6 heteroatoms. The zero-order chi connectivity index (χ0) is 13.1. The summed E-state index contributed by atoms with van der Waals surface area (Å²) in [5.41, 5.74) is 6.49. The van der Waals surface area contributed by atoms with Crippen molar-refractivity contribution in [2.75, 3.05) is 5.73 Å². The number of rotatable bonds is 2. The topological polar surface area (TPSA) is 62.7 Å². The third-order valence-corrected chi connectivity index (χ3v) is 4.02. The lowest BCUT2D eigenvalue weighted by atomic mass is 10.2. The normalized spacial score (nSPS) is 10.1. The van der Waals surface area contributed by atoms with Crippen LogP contribution in [0, 0.1) is 17.1 Å². The highest BCUT2D eigenvalue weighted by atomic mass is 79.9. The van der Waals surface area contributed by atoms with Crippen LogP contribution in [0.15, 0.2) is 44.9 Å². The number of nitrogens with zero attached hydrogens (tertiary/aromatic N) is 2. The molecule has 2 rings (SSSR count). The van der Waals surface area contributed by atoms with Crippen LogP contribution in [-0.2, 0) is 0 Å². The van der Waals surface area contributed by atoms with Crippen LogP contribution in [-0.4, -0.2) is 4.98 Å². The monoisotopic (exact) mass is 323 g/mol. The summed E-state index contributed by atoms with van der Waals surface area (Å²) in [6.07, 6.45) is 1.59. The van der Waals surface area contributed by atoms with Gasteiger partial charge in [0.25, 0.3) is 0 Å². The summed E-state index contributed by atoms with van der Waals surface area (Å²) in [7, 11) is 0. The number of pyridine rings is 1. The number of anilines is 1. The average molecular weight is 324 g/mol. The molecule has 0 aliphatic heterocycles. The van der Waals surface area contributed by atoms with Gasteiger partial charge in [-0.25, -0.2) is 9.37 Å². The molecule has 0 saturated carbocycles. The van der Waals surface area contributed by atoms with Crippen molar-refractivity contribution in [1.29, 1.82) is 5.26 Å². The zero-order valence-electron chi connectivity index (χ0n) is 9.02. The number of aromatic nitrogens is 1. The second-order valence-electron chi connectivity index (χ2n) is 3.35. The molecule has 0 amide bonds. The van der Waals surface area contributed by atoms with Gasteiger partial charge in [-0.15, -0.1) is 0 Å². The SMILES string of the molecule is N#Cc1ccc(Sc2ncccc2N)c(F)c1Br. The van der Waals surface area contributed by atoms with Crippen LogP contribution in [0.3, 0.4) is 0 Å². The molecule has 0 saturated heterocycles. The molecule has 1 aromatic heterocycles. The third-order valence-electron chi connectivity index (χ3n) is 2.17. The number of nitrogen functional groups attached to an aromatic ring is 1. The molecule has 3 nitrogen and oxygen atoms in total. The van der Waals surface area contributed by atoms with E-state index in [9.17, 15) is 4.39 Å². The van der Waals surface area contributed by atoms with E-state index in [1.165, 1.54) is 6.07 Å². The second-order valence-corrected chi connectivity index (χ2v) is 5.17. The predicted octanol–water partition coefficient (Wildman–Crippen LogP) is 3.59. The Kier molecular flexibility index (Phi) is 3.84. The van der Waals surface area contributed by atoms with Crippen LogP contribution < -0.4 is 5.73 Å². The quantitative estimate of drug-likeness (QED) is 0.917. The van der Waals surface area contributed by atoms with Crippen LogP contribution in [0.2, 0.25) is 0 Å². The van der Waals surface area contributed by atoms with Gasteiger partial charge < -0.3 is 5.73 Å². The van der Waals surface area contributed by atoms with Crippen molar-refractivity contribution in [3.63, 3.8) is 0 Å². The van der Waals surface area contributed by atoms with Crippen LogP contribution in [0.5, 0.6) is 0 Å². The second kappa shape index (κ2) is 5.38. The van der Waals surface area contributed by atoms with Crippen LogP contribution in [0.4, 0.5) is 10.1 Å². The maximum absolute atomic E-state index is 14.0. The Morgan fingerprint density at radius 2 is 2.17 bits per heavy atom. The molecule has 2 N–H and O–H groups in total. The molecule has 1 heterocycles. The Bertz CT molecular complexity index is 640. The van der Waals surface area contributed by atoms with Crippen molar-refractivity contribution >= 4 is 33.4 Å². The first kappa shape index (κ1) is 12.9. The molecule has 90 valence electrons. The summed E-state index contributed by atoms with van der Waals surface area (Å²) >= 11 is 4.18. The van der Waals surface area contributed by atoms with Gasteiger partial charge in [-0.05, 0) is 40.2 Å². The van der Waals surface area contributed by atoms with Gasteiger partial charge in [0.2, 0.25) is 0 Å². The molecular weight excluding hydrogens is 317 g/mol. The molecule has 0 aliphatic rings. The smallest absolute Gasteiger partial charge is 0.152 e. The molecule has 0 bridgehead atoms. The van der Waals surface area contributed by atoms with Gasteiger partial charge in [0.15, 0.2) is 5.82 Å². The predicted molar refractivity (Wildman–Crippen MR) is 71.6 cm³/mol. The maximum Gasteiger partial charge on any atom is 0.152 e. The third kappa shape index (κ3) is 2.47. The Labute approximate surface area is 116 Å². The van der Waals surface area contributed by atoms with Crippen molar-refractivity contribution in [2.45, 2.75) is 9.92 Å². The summed E-state index contributed by atoms with van der Waals surface area (Å²) in [6.45, 7) is 0. The minimum absolute atomic E-state index is 0.157. The Balaban J connectivity index is 2.40. The van der Waals surface area contributed by atoms with E-state index < -0.39 is 5.82 Å². The fraction of sp³-hybridized carbons (Fsp3) is 0. The zero-order valence-corrected chi connectivity index (χ0v) is 11.4. The first-order valence-corrected chi connectivity index (χ1v) is 6.51. The summed E-state index contributed by atoms with van der Waals surface area (Å²) in [5.74, 6) is -0.482. The molecule has 0 radical (unpaired) electrons. The van der Waals surface area contributed by atoms with Gasteiger partial charge >= 0.3 is 0 Å². The molecule has 0 unspecified atom stereocenters. The Hall–Kier alpha value is -1.58. The van der Waals surface area contributed by atoms with E-state index in [0.717, 1.165) is 11.8 Å². The van der Waals surface area contributed by atoms with E-state index in [1.807, 2.05) is 6.07 Å². The lowest BCUT2D eigenvalue weighted by molar-refractivity contribution is 0.594. The Morgan fingerprint density at radius 3 is 2.83 bits per heavy atom. The standard InChI is InChI=1S/C12H7BrFN3S/c13-10-7(6-15)3-4-9(11(10)14)18-12-8(16)2-1-5-17-12/h1-5H,16H2. The number of halogens is 2. The fourth-order valence-corrected chi connectivity index (χ4v) is 2.69. The number of nitrogens with two attached hydrogens (primary N) is 1. The first-order chi connectivity index (χ1) is 8.63. The van der Waals surface area contributed by atoms with Gasteiger partial charge in [-0.1, -0.05) is 11.8 Å². The van der Waals surface area contributed by atoms with E-state index in [0.29, 0.717) is 15.6 Å². The highest BCUT2D eigenvalue weighted by Gasteiger charge is 2.13. The van der Waals surface area contributed by atoms with Crippen LogP contribution in [0.25, 0.3) is 0 Å².